The van der Waals surface area contributed by atoms with E-state index in [1.165, 1.54) is 12.1 Å². The van der Waals surface area contributed by atoms with Crippen molar-refractivity contribution in [1.29, 1.82) is 0 Å². The Kier molecular flexibility index (Phi) is 5.77. The summed E-state index contributed by atoms with van der Waals surface area (Å²) in [4.78, 5) is 26.7. The van der Waals surface area contributed by atoms with Crippen molar-refractivity contribution in [2.45, 2.75) is 33.4 Å². The fourth-order valence-corrected chi connectivity index (χ4v) is 3.70. The van der Waals surface area contributed by atoms with Gasteiger partial charge < -0.3 is 10.2 Å². The molecule has 2 amide bonds. The molecule has 0 spiro atoms. The van der Waals surface area contributed by atoms with Crippen molar-refractivity contribution >= 4 is 22.8 Å². The second-order valence-corrected chi connectivity index (χ2v) is 7.86. The van der Waals surface area contributed by atoms with Crippen LogP contribution in [0.4, 0.5) is 28.0 Å². The number of hydrogen-bond acceptors (Lipinski definition) is 4. The quantitative estimate of drug-likeness (QED) is 0.424. The number of rotatable bonds is 3. The van der Waals surface area contributed by atoms with E-state index in [1.807, 2.05) is 13.0 Å². The van der Waals surface area contributed by atoms with Crippen molar-refractivity contribution in [3.63, 3.8) is 0 Å². The number of urea groups is 1. The zero-order valence-corrected chi connectivity index (χ0v) is 18.2. The number of nitrogens with one attached hydrogen (secondary N) is 1. The molecule has 172 valence electrons. The molecule has 0 atom stereocenters. The molecule has 1 aliphatic rings. The molecular formula is C23H21F4N5O. The van der Waals surface area contributed by atoms with Crippen molar-refractivity contribution in [1.82, 2.24) is 19.9 Å². The van der Waals surface area contributed by atoms with Gasteiger partial charge in [-0.2, -0.15) is 13.2 Å². The molecule has 1 N–H and O–H groups in total. The minimum Gasteiger partial charge on any atom is -0.316 e. The van der Waals surface area contributed by atoms with Crippen LogP contribution < -0.4 is 5.32 Å². The Hall–Kier alpha value is -3.56. The Morgan fingerprint density at radius 1 is 1.15 bits per heavy atom. The molecule has 0 saturated heterocycles. The van der Waals surface area contributed by atoms with Crippen LogP contribution in [0.5, 0.6) is 0 Å². The van der Waals surface area contributed by atoms with Crippen LogP contribution in [0.25, 0.3) is 22.2 Å². The lowest BCUT2D eigenvalue weighted by Crippen LogP contribution is -2.34. The zero-order valence-electron chi connectivity index (χ0n) is 18.2. The van der Waals surface area contributed by atoms with Crippen LogP contribution in [0.2, 0.25) is 0 Å². The van der Waals surface area contributed by atoms with Crippen molar-refractivity contribution in [2.24, 2.45) is 0 Å². The fraction of sp³-hybridized carbons (Fsp3) is 0.304. The molecule has 3 heterocycles. The van der Waals surface area contributed by atoms with E-state index in [1.54, 1.807) is 20.0 Å². The fourth-order valence-electron chi connectivity index (χ4n) is 3.70. The van der Waals surface area contributed by atoms with E-state index in [0.717, 1.165) is 11.0 Å². The van der Waals surface area contributed by atoms with Gasteiger partial charge in [0.15, 0.2) is 5.65 Å². The highest BCUT2D eigenvalue weighted by atomic mass is 19.4. The summed E-state index contributed by atoms with van der Waals surface area (Å²) in [5.74, 6) is -0.00897. The smallest absolute Gasteiger partial charge is 0.316 e. The van der Waals surface area contributed by atoms with Crippen LogP contribution in [0.15, 0.2) is 36.0 Å². The molecule has 0 saturated carbocycles. The number of carbonyl (C=O) groups excluding carboxylic acids is 1. The third kappa shape index (κ3) is 4.50. The number of carbonyl (C=O) groups is 1. The molecule has 1 aromatic carbocycles. The number of hydrogen-bond donors (Lipinski definition) is 1. The number of anilines is 1. The van der Waals surface area contributed by atoms with E-state index in [2.05, 4.69) is 20.3 Å². The summed E-state index contributed by atoms with van der Waals surface area (Å²) >= 11 is 0. The first-order valence-electron chi connectivity index (χ1n) is 10.3. The van der Waals surface area contributed by atoms with Crippen molar-refractivity contribution < 1.29 is 22.4 Å². The van der Waals surface area contributed by atoms with Crippen LogP contribution in [0.1, 0.15) is 24.0 Å². The monoisotopic (exact) mass is 459 g/mol. The molecule has 0 aliphatic carbocycles. The molecule has 33 heavy (non-hydrogen) atoms. The van der Waals surface area contributed by atoms with E-state index in [0.29, 0.717) is 45.7 Å². The maximum atomic E-state index is 14.6. The highest BCUT2D eigenvalue weighted by Crippen LogP contribution is 2.33. The van der Waals surface area contributed by atoms with Gasteiger partial charge in [0, 0.05) is 35.8 Å². The maximum absolute atomic E-state index is 14.6. The van der Waals surface area contributed by atoms with Crippen LogP contribution in [-0.2, 0) is 6.42 Å². The predicted molar refractivity (Wildman–Crippen MR) is 116 cm³/mol. The normalized spacial score (nSPS) is 14.0. The van der Waals surface area contributed by atoms with Crippen molar-refractivity contribution in [2.75, 3.05) is 18.4 Å². The average Bonchev–Trinajstić information content (AvgIpc) is 3.26. The van der Waals surface area contributed by atoms with Crippen LogP contribution >= 0.6 is 0 Å². The van der Waals surface area contributed by atoms with Crippen LogP contribution in [-0.4, -0.2) is 45.1 Å². The van der Waals surface area contributed by atoms with E-state index in [9.17, 15) is 22.4 Å². The highest BCUT2D eigenvalue weighted by Gasteiger charge is 2.38. The number of fused-ring (bicyclic) bond motifs is 1. The molecule has 0 bridgehead atoms. The van der Waals surface area contributed by atoms with Crippen LogP contribution in [0.3, 0.4) is 0 Å². The number of halogens is 4. The Balaban J connectivity index is 1.64. The summed E-state index contributed by atoms with van der Waals surface area (Å²) in [6, 6.07) is 3.78. The molecule has 4 rings (SSSR count). The van der Waals surface area contributed by atoms with E-state index >= 15 is 0 Å². The summed E-state index contributed by atoms with van der Waals surface area (Å²) in [6.45, 7) is 4.70. The van der Waals surface area contributed by atoms with E-state index in [-0.39, 0.29) is 12.2 Å². The number of nitrogens with zero attached hydrogens (tertiary/aromatic N) is 4. The molecule has 10 heteroatoms. The van der Waals surface area contributed by atoms with Gasteiger partial charge in [0.1, 0.15) is 11.6 Å². The number of aromatic nitrogens is 3. The van der Waals surface area contributed by atoms with Gasteiger partial charge in [0.25, 0.3) is 0 Å². The van der Waals surface area contributed by atoms with Gasteiger partial charge in [-0.25, -0.2) is 24.1 Å². The first kappa shape index (κ1) is 22.6. The summed E-state index contributed by atoms with van der Waals surface area (Å²) in [7, 11) is 0. The molecule has 0 fully saturated rings. The summed E-state index contributed by atoms with van der Waals surface area (Å²) < 4.78 is 53.2. The van der Waals surface area contributed by atoms with E-state index < -0.39 is 30.1 Å². The molecular weight excluding hydrogens is 438 g/mol. The Morgan fingerprint density at radius 3 is 2.58 bits per heavy atom. The van der Waals surface area contributed by atoms with Crippen molar-refractivity contribution in [3.8, 4) is 11.1 Å². The summed E-state index contributed by atoms with van der Waals surface area (Å²) in [5.41, 5.74) is 2.25. The predicted octanol–water partition coefficient (Wildman–Crippen LogP) is 5.35. The lowest BCUT2D eigenvalue weighted by Gasteiger charge is -2.19. The first-order chi connectivity index (χ1) is 15.6. The third-order valence-electron chi connectivity index (χ3n) is 5.54. The van der Waals surface area contributed by atoms with Gasteiger partial charge in [0.05, 0.1) is 17.8 Å². The first-order valence-corrected chi connectivity index (χ1v) is 10.3. The summed E-state index contributed by atoms with van der Waals surface area (Å²) in [6.07, 6.45) is -1.20. The number of aryl methyl sites for hydroxylation is 3. The van der Waals surface area contributed by atoms with Gasteiger partial charge in [-0.05, 0) is 43.2 Å². The second kappa shape index (κ2) is 8.42. The lowest BCUT2D eigenvalue weighted by molar-refractivity contribution is -0.0929. The topological polar surface area (TPSA) is 71.0 Å². The number of benzene rings is 1. The molecule has 3 aromatic rings. The minimum absolute atomic E-state index is 0.127. The average molecular weight is 459 g/mol. The van der Waals surface area contributed by atoms with E-state index in [4.69, 9.17) is 0 Å². The largest absolute Gasteiger partial charge is 0.414 e. The Labute approximate surface area is 187 Å². The van der Waals surface area contributed by atoms with Gasteiger partial charge in [-0.3, -0.25) is 0 Å². The minimum atomic E-state index is -4.50. The van der Waals surface area contributed by atoms with Crippen molar-refractivity contribution in [3.05, 3.63) is 58.9 Å². The Morgan fingerprint density at radius 2 is 1.91 bits per heavy atom. The van der Waals surface area contributed by atoms with Gasteiger partial charge >= 0.3 is 12.2 Å². The molecule has 6 nitrogen and oxygen atoms in total. The second-order valence-electron chi connectivity index (χ2n) is 7.86. The van der Waals surface area contributed by atoms with Gasteiger partial charge in [-0.15, -0.1) is 0 Å². The molecule has 1 aliphatic heterocycles. The van der Waals surface area contributed by atoms with Crippen LogP contribution in [0, 0.1) is 19.7 Å². The summed E-state index contributed by atoms with van der Waals surface area (Å²) in [5, 5.41) is 3.11. The zero-order chi connectivity index (χ0) is 23.9. The van der Waals surface area contributed by atoms with Gasteiger partial charge in [-0.1, -0.05) is 13.0 Å². The molecule has 2 aromatic heterocycles. The standard InChI is InChI=1S/C23H21F4N5O/c1-4-20-28-10-14-8-17(13(3)29-21(14)31-20)16-9-19(18(24)7-12(16)2)30-22(33)32-6-5-15(11-32)23(25,26)27/h5,7-10H,4,6,11H2,1-3H3,(H,30,33). The highest BCUT2D eigenvalue weighted by molar-refractivity contribution is 5.92. The van der Waals surface area contributed by atoms with Gasteiger partial charge in [0.2, 0.25) is 0 Å². The third-order valence-corrected chi connectivity index (χ3v) is 5.54. The molecule has 0 radical (unpaired) electrons. The lowest BCUT2D eigenvalue weighted by atomic mass is 9.97. The molecule has 0 unspecified atom stereocenters. The Bertz CT molecular complexity index is 1290. The maximum Gasteiger partial charge on any atom is 0.414 e. The number of amides is 2. The SMILES string of the molecule is CCc1ncc2cc(-c3cc(NC(=O)N4CC=C(C(F)(F)F)C4)c(F)cc3C)c(C)nc2n1. The number of pyridine rings is 1. The number of alkyl halides is 3.